The van der Waals surface area contributed by atoms with Gasteiger partial charge in [0, 0.05) is 49.7 Å². The minimum absolute atomic E-state index is 0.480. The molecule has 1 atom stereocenters. The van der Waals surface area contributed by atoms with Gasteiger partial charge in [-0.25, -0.2) is 4.98 Å². The standard InChI is InChI=1S/C15H27N3O2S/c1-12(2)14-17-9-13(21-14)8-16-10-15(3,19)11-18-4-6-20-7-5-18/h9,12,16,19H,4-8,10-11H2,1-3H3. The normalized spacial score (nSPS) is 19.9. The summed E-state index contributed by atoms with van der Waals surface area (Å²) in [7, 11) is 0. The van der Waals surface area contributed by atoms with Crippen LogP contribution in [0.5, 0.6) is 0 Å². The second-order valence-electron chi connectivity index (χ2n) is 6.31. The molecular weight excluding hydrogens is 286 g/mol. The monoisotopic (exact) mass is 313 g/mol. The van der Waals surface area contributed by atoms with E-state index < -0.39 is 5.60 Å². The van der Waals surface area contributed by atoms with E-state index in [1.165, 1.54) is 9.88 Å². The molecule has 1 aromatic heterocycles. The zero-order valence-electron chi connectivity index (χ0n) is 13.3. The maximum Gasteiger partial charge on any atom is 0.0953 e. The highest BCUT2D eigenvalue weighted by atomic mass is 32.1. The average Bonchev–Trinajstić information content (AvgIpc) is 2.88. The third-order valence-electron chi connectivity index (χ3n) is 3.54. The molecule has 1 fully saturated rings. The predicted molar refractivity (Wildman–Crippen MR) is 85.8 cm³/mol. The molecule has 2 heterocycles. The van der Waals surface area contributed by atoms with E-state index in [4.69, 9.17) is 4.74 Å². The lowest BCUT2D eigenvalue weighted by Gasteiger charge is -2.33. The third-order valence-corrected chi connectivity index (χ3v) is 4.84. The second kappa shape index (κ2) is 7.65. The van der Waals surface area contributed by atoms with Gasteiger partial charge in [-0.3, -0.25) is 4.90 Å². The number of hydrogen-bond donors (Lipinski definition) is 2. The molecule has 0 aliphatic carbocycles. The van der Waals surface area contributed by atoms with E-state index in [0.717, 1.165) is 32.8 Å². The highest BCUT2D eigenvalue weighted by Gasteiger charge is 2.24. The number of rotatable bonds is 7. The Hall–Kier alpha value is -0.530. The summed E-state index contributed by atoms with van der Waals surface area (Å²) < 4.78 is 5.33. The van der Waals surface area contributed by atoms with Crippen LogP contribution in [0, 0.1) is 0 Å². The van der Waals surface area contributed by atoms with Gasteiger partial charge in [-0.05, 0) is 6.92 Å². The van der Waals surface area contributed by atoms with Crippen molar-refractivity contribution in [1.29, 1.82) is 0 Å². The van der Waals surface area contributed by atoms with Gasteiger partial charge in [0.25, 0.3) is 0 Å². The molecule has 120 valence electrons. The van der Waals surface area contributed by atoms with Crippen molar-refractivity contribution in [2.24, 2.45) is 0 Å². The topological polar surface area (TPSA) is 57.6 Å². The van der Waals surface area contributed by atoms with Crippen molar-refractivity contribution in [3.8, 4) is 0 Å². The summed E-state index contributed by atoms with van der Waals surface area (Å²) in [5.74, 6) is 0.480. The Labute approximate surface area is 131 Å². The number of thiazole rings is 1. The van der Waals surface area contributed by atoms with Crippen LogP contribution in [-0.2, 0) is 11.3 Å². The number of ether oxygens (including phenoxy) is 1. The van der Waals surface area contributed by atoms with Crippen molar-refractivity contribution < 1.29 is 9.84 Å². The highest BCUT2D eigenvalue weighted by molar-refractivity contribution is 7.11. The molecule has 2 N–H and O–H groups in total. The Balaban J connectivity index is 1.72. The van der Waals surface area contributed by atoms with Gasteiger partial charge in [0.1, 0.15) is 0 Å². The van der Waals surface area contributed by atoms with E-state index >= 15 is 0 Å². The Morgan fingerprint density at radius 2 is 2.19 bits per heavy atom. The summed E-state index contributed by atoms with van der Waals surface area (Å²) in [6, 6.07) is 0. The first-order valence-corrected chi connectivity index (χ1v) is 8.46. The van der Waals surface area contributed by atoms with Crippen molar-refractivity contribution in [3.05, 3.63) is 16.1 Å². The number of β-amino-alcohol motifs (C(OH)–C–C–N with tert-alkyl or cyclic N) is 1. The van der Waals surface area contributed by atoms with E-state index in [0.29, 0.717) is 19.0 Å². The Morgan fingerprint density at radius 1 is 1.48 bits per heavy atom. The number of morpholine rings is 1. The number of nitrogens with zero attached hydrogens (tertiary/aromatic N) is 2. The van der Waals surface area contributed by atoms with Gasteiger partial charge in [0.15, 0.2) is 0 Å². The molecule has 1 aliphatic rings. The maximum absolute atomic E-state index is 10.5. The summed E-state index contributed by atoms with van der Waals surface area (Å²) in [4.78, 5) is 7.90. The van der Waals surface area contributed by atoms with Crippen LogP contribution in [0.25, 0.3) is 0 Å². The van der Waals surface area contributed by atoms with Gasteiger partial charge < -0.3 is 15.2 Å². The quantitative estimate of drug-likeness (QED) is 0.798. The van der Waals surface area contributed by atoms with Gasteiger partial charge in [0.2, 0.25) is 0 Å². The van der Waals surface area contributed by atoms with Crippen molar-refractivity contribution in [3.63, 3.8) is 0 Å². The molecule has 0 bridgehead atoms. The van der Waals surface area contributed by atoms with Crippen molar-refractivity contribution >= 4 is 11.3 Å². The molecular formula is C15H27N3O2S. The predicted octanol–water partition coefficient (Wildman–Crippen LogP) is 1.44. The molecule has 0 radical (unpaired) electrons. The fourth-order valence-corrected chi connectivity index (χ4v) is 3.31. The number of nitrogens with one attached hydrogen (secondary N) is 1. The lowest BCUT2D eigenvalue weighted by Crippen LogP contribution is -2.50. The Morgan fingerprint density at radius 3 is 2.81 bits per heavy atom. The first-order valence-electron chi connectivity index (χ1n) is 7.64. The highest BCUT2D eigenvalue weighted by Crippen LogP contribution is 2.20. The molecule has 0 aromatic carbocycles. The molecule has 1 aromatic rings. The van der Waals surface area contributed by atoms with Crippen LogP contribution < -0.4 is 5.32 Å². The van der Waals surface area contributed by atoms with Gasteiger partial charge >= 0.3 is 0 Å². The minimum atomic E-state index is -0.719. The molecule has 1 unspecified atom stereocenters. The molecule has 1 saturated heterocycles. The van der Waals surface area contributed by atoms with Crippen LogP contribution in [0.4, 0.5) is 0 Å². The van der Waals surface area contributed by atoms with E-state index in [1.807, 2.05) is 13.1 Å². The molecule has 21 heavy (non-hydrogen) atoms. The summed E-state index contributed by atoms with van der Waals surface area (Å²) >= 11 is 1.75. The third kappa shape index (κ3) is 5.64. The van der Waals surface area contributed by atoms with Gasteiger partial charge in [0.05, 0.1) is 23.8 Å². The van der Waals surface area contributed by atoms with Crippen molar-refractivity contribution in [1.82, 2.24) is 15.2 Å². The summed E-state index contributed by atoms with van der Waals surface area (Å²) in [5.41, 5.74) is -0.719. The largest absolute Gasteiger partial charge is 0.388 e. The number of aliphatic hydroxyl groups is 1. The van der Waals surface area contributed by atoms with Crippen LogP contribution >= 0.6 is 11.3 Å². The van der Waals surface area contributed by atoms with E-state index in [1.54, 1.807) is 11.3 Å². The fourth-order valence-electron chi connectivity index (χ4n) is 2.42. The van der Waals surface area contributed by atoms with Crippen molar-refractivity contribution in [2.45, 2.75) is 38.8 Å². The van der Waals surface area contributed by atoms with Crippen LogP contribution in [0.1, 0.15) is 36.6 Å². The Kier molecular flexibility index (Phi) is 6.13. The summed E-state index contributed by atoms with van der Waals surface area (Å²) in [6.07, 6.45) is 1.93. The van der Waals surface area contributed by atoms with E-state index in [9.17, 15) is 5.11 Å². The van der Waals surface area contributed by atoms with Gasteiger partial charge in [-0.2, -0.15) is 0 Å². The molecule has 1 aliphatic heterocycles. The maximum atomic E-state index is 10.5. The number of hydrogen-bond acceptors (Lipinski definition) is 6. The molecule has 2 rings (SSSR count). The lowest BCUT2D eigenvalue weighted by atomic mass is 10.1. The smallest absolute Gasteiger partial charge is 0.0953 e. The first-order chi connectivity index (χ1) is 9.96. The SMILES string of the molecule is CC(C)c1ncc(CNCC(C)(O)CN2CCOCC2)s1. The van der Waals surface area contributed by atoms with Gasteiger partial charge in [-0.1, -0.05) is 13.8 Å². The zero-order valence-corrected chi connectivity index (χ0v) is 14.1. The molecule has 0 spiro atoms. The van der Waals surface area contributed by atoms with E-state index in [-0.39, 0.29) is 0 Å². The lowest BCUT2D eigenvalue weighted by molar-refractivity contribution is -0.0219. The van der Waals surface area contributed by atoms with Crippen LogP contribution in [-0.4, -0.2) is 60.0 Å². The van der Waals surface area contributed by atoms with Gasteiger partial charge in [-0.15, -0.1) is 11.3 Å². The molecule has 0 saturated carbocycles. The Bertz CT molecular complexity index is 428. The fraction of sp³-hybridized carbons (Fsp3) is 0.800. The molecule has 6 heteroatoms. The van der Waals surface area contributed by atoms with Crippen LogP contribution in [0.3, 0.4) is 0 Å². The van der Waals surface area contributed by atoms with E-state index in [2.05, 4.69) is 29.0 Å². The van der Waals surface area contributed by atoms with Crippen LogP contribution in [0.2, 0.25) is 0 Å². The second-order valence-corrected chi connectivity index (χ2v) is 7.46. The number of aromatic nitrogens is 1. The average molecular weight is 313 g/mol. The first kappa shape index (κ1) is 16.8. The molecule has 0 amide bonds. The van der Waals surface area contributed by atoms with Crippen LogP contribution in [0.15, 0.2) is 6.20 Å². The molecule has 5 nitrogen and oxygen atoms in total. The minimum Gasteiger partial charge on any atom is -0.388 e. The van der Waals surface area contributed by atoms with Crippen molar-refractivity contribution in [2.75, 3.05) is 39.4 Å². The zero-order chi connectivity index (χ0) is 15.3. The summed E-state index contributed by atoms with van der Waals surface area (Å²) in [6.45, 7) is 11.6. The summed E-state index contributed by atoms with van der Waals surface area (Å²) in [5, 5.41) is 15.0.